The summed E-state index contributed by atoms with van der Waals surface area (Å²) >= 11 is 2.94. The van der Waals surface area contributed by atoms with Gasteiger partial charge in [0.05, 0.1) is 0 Å². The van der Waals surface area contributed by atoms with Gasteiger partial charge < -0.3 is 10.3 Å². The van der Waals surface area contributed by atoms with Gasteiger partial charge in [-0.1, -0.05) is 11.8 Å². The summed E-state index contributed by atoms with van der Waals surface area (Å²) in [6.45, 7) is 0.619. The number of rotatable bonds is 4. The van der Waals surface area contributed by atoms with Gasteiger partial charge in [-0.2, -0.15) is 4.37 Å². The Morgan fingerprint density at radius 3 is 3.12 bits per heavy atom. The molecule has 0 unspecified atom stereocenters. The van der Waals surface area contributed by atoms with Gasteiger partial charge in [0.2, 0.25) is 0 Å². The molecule has 0 saturated carbocycles. The fraction of sp³-hybridized carbons (Fsp3) is 0.222. The number of pyridine rings is 1. The van der Waals surface area contributed by atoms with Crippen molar-refractivity contribution in [1.29, 1.82) is 0 Å². The molecule has 84 valence electrons. The highest BCUT2D eigenvalue weighted by atomic mass is 32.2. The zero-order valence-electron chi connectivity index (χ0n) is 8.37. The van der Waals surface area contributed by atoms with Gasteiger partial charge in [-0.25, -0.2) is 4.98 Å². The molecule has 0 aliphatic carbocycles. The van der Waals surface area contributed by atoms with E-state index in [1.807, 2.05) is 0 Å². The van der Waals surface area contributed by atoms with E-state index in [9.17, 15) is 4.79 Å². The predicted octanol–water partition coefficient (Wildman–Crippen LogP) is 1.07. The van der Waals surface area contributed by atoms with Crippen molar-refractivity contribution in [2.45, 2.75) is 10.9 Å². The number of aryl methyl sites for hydroxylation is 1. The molecule has 16 heavy (non-hydrogen) atoms. The smallest absolute Gasteiger partial charge is 0.250 e. The lowest BCUT2D eigenvalue weighted by molar-refractivity contribution is 0.737. The number of aromatic nitrogens is 3. The second-order valence-electron chi connectivity index (χ2n) is 3.05. The molecule has 0 aliphatic heterocycles. The molecule has 0 bridgehead atoms. The van der Waals surface area contributed by atoms with Crippen LogP contribution in [0.1, 0.15) is 0 Å². The Kier molecular flexibility index (Phi) is 3.58. The number of nitrogens with two attached hydrogens (primary N) is 1. The molecule has 0 fully saturated rings. The highest BCUT2D eigenvalue weighted by Gasteiger charge is 2.00. The summed E-state index contributed by atoms with van der Waals surface area (Å²) < 4.78 is 6.42. The van der Waals surface area contributed by atoms with E-state index in [1.165, 1.54) is 23.9 Å². The van der Waals surface area contributed by atoms with Crippen molar-refractivity contribution in [3.05, 3.63) is 35.0 Å². The molecule has 0 atom stereocenters. The molecule has 0 aliphatic rings. The van der Waals surface area contributed by atoms with E-state index in [1.54, 1.807) is 28.6 Å². The maximum atomic E-state index is 11.4. The Morgan fingerprint density at radius 2 is 2.38 bits per heavy atom. The van der Waals surface area contributed by atoms with E-state index in [-0.39, 0.29) is 5.56 Å². The Bertz CT molecular complexity index is 508. The van der Waals surface area contributed by atoms with Gasteiger partial charge in [0.15, 0.2) is 4.34 Å². The summed E-state index contributed by atoms with van der Waals surface area (Å²) in [6, 6.07) is 3.08. The van der Waals surface area contributed by atoms with E-state index < -0.39 is 0 Å². The Labute approximate surface area is 100 Å². The molecule has 0 radical (unpaired) electrons. The molecule has 0 spiro atoms. The van der Waals surface area contributed by atoms with Gasteiger partial charge in [-0.15, -0.1) is 0 Å². The second kappa shape index (κ2) is 5.13. The summed E-state index contributed by atoms with van der Waals surface area (Å²) in [5.41, 5.74) is 6.17. The Morgan fingerprint density at radius 1 is 1.50 bits per heavy atom. The highest BCUT2D eigenvalue weighted by molar-refractivity contribution is 8.00. The second-order valence-corrected chi connectivity index (χ2v) is 5.17. The van der Waals surface area contributed by atoms with Crippen LogP contribution in [-0.2, 0) is 6.54 Å². The van der Waals surface area contributed by atoms with Crippen LogP contribution in [0, 0.1) is 0 Å². The molecule has 2 aromatic heterocycles. The summed E-state index contributed by atoms with van der Waals surface area (Å²) in [5.74, 6) is 0.776. The zero-order valence-corrected chi connectivity index (χ0v) is 10.0. The summed E-state index contributed by atoms with van der Waals surface area (Å²) in [5, 5.41) is 0. The van der Waals surface area contributed by atoms with Crippen LogP contribution in [0.5, 0.6) is 0 Å². The molecular formula is C9H10N4OS2. The van der Waals surface area contributed by atoms with Crippen molar-refractivity contribution in [2.24, 2.45) is 0 Å². The van der Waals surface area contributed by atoms with Gasteiger partial charge in [-0.05, 0) is 17.6 Å². The summed E-state index contributed by atoms with van der Waals surface area (Å²) in [7, 11) is 0. The van der Waals surface area contributed by atoms with Gasteiger partial charge >= 0.3 is 0 Å². The third-order valence-electron chi connectivity index (χ3n) is 1.91. The molecule has 0 aromatic carbocycles. The minimum Gasteiger partial charge on any atom is -0.398 e. The van der Waals surface area contributed by atoms with Crippen LogP contribution in [0.3, 0.4) is 0 Å². The minimum atomic E-state index is -0.0351. The monoisotopic (exact) mass is 254 g/mol. The van der Waals surface area contributed by atoms with E-state index in [2.05, 4.69) is 9.36 Å². The van der Waals surface area contributed by atoms with Crippen LogP contribution in [0.15, 0.2) is 33.8 Å². The first-order chi connectivity index (χ1) is 7.75. The van der Waals surface area contributed by atoms with E-state index in [0.29, 0.717) is 12.2 Å². The van der Waals surface area contributed by atoms with Crippen molar-refractivity contribution in [1.82, 2.24) is 13.9 Å². The fourth-order valence-electron chi connectivity index (χ4n) is 1.18. The van der Waals surface area contributed by atoms with Crippen LogP contribution in [-0.4, -0.2) is 19.7 Å². The van der Waals surface area contributed by atoms with Crippen molar-refractivity contribution >= 4 is 29.0 Å². The number of hydrogen-bond acceptors (Lipinski definition) is 6. The predicted molar refractivity (Wildman–Crippen MR) is 65.7 cm³/mol. The summed E-state index contributed by atoms with van der Waals surface area (Å²) in [6.07, 6.45) is 3.18. The van der Waals surface area contributed by atoms with E-state index in [0.717, 1.165) is 10.1 Å². The molecule has 7 heteroatoms. The maximum Gasteiger partial charge on any atom is 0.250 e. The normalized spacial score (nSPS) is 10.5. The minimum absolute atomic E-state index is 0.0351. The van der Waals surface area contributed by atoms with Gasteiger partial charge in [0.25, 0.3) is 5.56 Å². The van der Waals surface area contributed by atoms with Crippen LogP contribution in [0.2, 0.25) is 0 Å². The first-order valence-corrected chi connectivity index (χ1v) is 6.37. The third-order valence-corrected chi connectivity index (χ3v) is 3.68. The first-order valence-electron chi connectivity index (χ1n) is 4.61. The van der Waals surface area contributed by atoms with Crippen molar-refractivity contribution in [3.8, 4) is 0 Å². The van der Waals surface area contributed by atoms with Crippen LogP contribution in [0.4, 0.5) is 5.69 Å². The fourth-order valence-corrected chi connectivity index (χ4v) is 2.64. The van der Waals surface area contributed by atoms with Gasteiger partial charge in [-0.3, -0.25) is 4.79 Å². The number of hydrogen-bond donors (Lipinski definition) is 1. The van der Waals surface area contributed by atoms with Crippen molar-refractivity contribution in [2.75, 3.05) is 11.5 Å². The Balaban J connectivity index is 1.94. The standard InChI is InChI=1S/C9H10N4OS2/c10-7-1-2-8(14)13(5-7)3-4-15-9-11-6-12-16-9/h1-2,5-6H,3-4,10H2. The lowest BCUT2D eigenvalue weighted by Gasteiger charge is -2.04. The molecule has 0 saturated heterocycles. The molecule has 2 aromatic rings. The topological polar surface area (TPSA) is 73.8 Å². The molecular weight excluding hydrogens is 244 g/mol. The van der Waals surface area contributed by atoms with E-state index in [4.69, 9.17) is 5.73 Å². The Hall–Kier alpha value is -1.34. The number of nitrogens with zero attached hydrogens (tertiary/aromatic N) is 3. The maximum absolute atomic E-state index is 11.4. The first kappa shape index (κ1) is 11.2. The molecule has 2 heterocycles. The summed E-state index contributed by atoms with van der Waals surface area (Å²) in [4.78, 5) is 15.5. The van der Waals surface area contributed by atoms with E-state index >= 15 is 0 Å². The SMILES string of the molecule is Nc1ccc(=O)n(CCSc2ncns2)c1. The van der Waals surface area contributed by atoms with Gasteiger partial charge in [0.1, 0.15) is 6.33 Å². The average Bonchev–Trinajstić information content (AvgIpc) is 2.76. The van der Waals surface area contributed by atoms with Crippen LogP contribution in [0.25, 0.3) is 0 Å². The van der Waals surface area contributed by atoms with Crippen LogP contribution >= 0.6 is 23.3 Å². The largest absolute Gasteiger partial charge is 0.398 e. The molecule has 2 N–H and O–H groups in total. The van der Waals surface area contributed by atoms with Crippen molar-refractivity contribution in [3.63, 3.8) is 0 Å². The van der Waals surface area contributed by atoms with Crippen molar-refractivity contribution < 1.29 is 0 Å². The molecule has 0 amide bonds. The quantitative estimate of drug-likeness (QED) is 0.826. The van der Waals surface area contributed by atoms with Gasteiger partial charge in [0, 0.05) is 30.2 Å². The number of anilines is 1. The molecule has 2 rings (SSSR count). The third kappa shape index (κ3) is 2.83. The lowest BCUT2D eigenvalue weighted by atomic mass is 10.4. The highest BCUT2D eigenvalue weighted by Crippen LogP contribution is 2.17. The average molecular weight is 254 g/mol. The van der Waals surface area contributed by atoms with Crippen LogP contribution < -0.4 is 11.3 Å². The zero-order chi connectivity index (χ0) is 11.4. The number of nitrogen functional groups attached to an aromatic ring is 1. The number of thioether (sulfide) groups is 1. The lowest BCUT2D eigenvalue weighted by Crippen LogP contribution is -2.19. The molecule has 5 nitrogen and oxygen atoms in total.